The second-order valence-corrected chi connectivity index (χ2v) is 6.62. The van der Waals surface area contributed by atoms with Gasteiger partial charge < -0.3 is 9.64 Å². The van der Waals surface area contributed by atoms with Crippen LogP contribution in [0, 0.1) is 5.92 Å². The van der Waals surface area contributed by atoms with Crippen molar-refractivity contribution in [3.05, 3.63) is 35.4 Å². The lowest BCUT2D eigenvalue weighted by atomic mass is 10.1. The van der Waals surface area contributed by atoms with Gasteiger partial charge in [0, 0.05) is 6.54 Å². The van der Waals surface area contributed by atoms with E-state index in [0.29, 0.717) is 17.2 Å². The maximum absolute atomic E-state index is 12.0. The lowest BCUT2D eigenvalue weighted by molar-refractivity contribution is -0.128. The summed E-state index contributed by atoms with van der Waals surface area (Å²) in [5.41, 5.74) is 1.59. The van der Waals surface area contributed by atoms with Crippen LogP contribution in [-0.4, -0.2) is 36.2 Å². The van der Waals surface area contributed by atoms with Crippen LogP contribution >= 0.6 is 11.8 Å². The first-order valence-electron chi connectivity index (χ1n) is 7.12. The highest BCUT2D eigenvalue weighted by atomic mass is 32.2. The summed E-state index contributed by atoms with van der Waals surface area (Å²) in [7, 11) is 1.37. The molecule has 1 aromatic rings. The van der Waals surface area contributed by atoms with Crippen LogP contribution < -0.4 is 0 Å². The maximum Gasteiger partial charge on any atom is 0.337 e. The quantitative estimate of drug-likeness (QED) is 0.784. The Balaban J connectivity index is 2.12. The molecule has 4 nitrogen and oxygen atoms in total. The molecule has 1 aliphatic rings. The molecule has 1 saturated heterocycles. The number of ether oxygens (including phenoxy) is 1. The molecule has 5 heteroatoms. The molecule has 1 amide bonds. The zero-order valence-electron chi connectivity index (χ0n) is 12.7. The van der Waals surface area contributed by atoms with E-state index < -0.39 is 0 Å². The number of rotatable bonds is 5. The van der Waals surface area contributed by atoms with Gasteiger partial charge >= 0.3 is 5.97 Å². The molecular weight excluding hydrogens is 286 g/mol. The Hall–Kier alpha value is -1.49. The molecule has 1 fully saturated rings. The normalized spacial score (nSPS) is 18.4. The first-order chi connectivity index (χ1) is 10.0. The van der Waals surface area contributed by atoms with Crippen LogP contribution in [0.2, 0.25) is 0 Å². The molecule has 2 rings (SSSR count). The Kier molecular flexibility index (Phi) is 5.28. The van der Waals surface area contributed by atoms with Crippen molar-refractivity contribution in [2.75, 3.05) is 19.4 Å². The average Bonchev–Trinajstić information content (AvgIpc) is 2.85. The number of carbonyl (C=O) groups is 2. The fourth-order valence-electron chi connectivity index (χ4n) is 2.27. The zero-order valence-corrected chi connectivity index (χ0v) is 13.5. The van der Waals surface area contributed by atoms with Crippen LogP contribution in [0.25, 0.3) is 0 Å². The predicted octanol–water partition coefficient (Wildman–Crippen LogP) is 3.09. The van der Waals surface area contributed by atoms with E-state index in [0.717, 1.165) is 18.5 Å². The molecule has 1 aliphatic heterocycles. The number of methoxy groups -OCH3 is 1. The van der Waals surface area contributed by atoms with E-state index in [4.69, 9.17) is 4.74 Å². The standard InChI is InChI=1S/C16H21NO3S/c1-11(2)8-9-17-14(18)10-21-15(17)12-4-6-13(7-5-12)16(19)20-3/h4-7,11,15H,8-10H2,1-3H3. The number of nitrogens with zero attached hydrogens (tertiary/aromatic N) is 1. The summed E-state index contributed by atoms with van der Waals surface area (Å²) in [4.78, 5) is 25.4. The molecule has 1 heterocycles. The number of hydrogen-bond donors (Lipinski definition) is 0. The van der Waals surface area contributed by atoms with Gasteiger partial charge in [-0.2, -0.15) is 0 Å². The molecule has 0 spiro atoms. The van der Waals surface area contributed by atoms with Gasteiger partial charge in [-0.05, 0) is 30.0 Å². The van der Waals surface area contributed by atoms with Gasteiger partial charge in [0.15, 0.2) is 0 Å². The molecule has 0 bridgehead atoms. The van der Waals surface area contributed by atoms with Gasteiger partial charge in [-0.3, -0.25) is 4.79 Å². The van der Waals surface area contributed by atoms with E-state index in [1.54, 1.807) is 23.9 Å². The lowest BCUT2D eigenvalue weighted by Crippen LogP contribution is -2.29. The summed E-state index contributed by atoms with van der Waals surface area (Å²) in [6, 6.07) is 7.33. The van der Waals surface area contributed by atoms with Crippen molar-refractivity contribution >= 4 is 23.6 Å². The van der Waals surface area contributed by atoms with Crippen LogP contribution in [-0.2, 0) is 9.53 Å². The average molecular weight is 307 g/mol. The van der Waals surface area contributed by atoms with Crippen molar-refractivity contribution in [1.82, 2.24) is 4.90 Å². The van der Waals surface area contributed by atoms with Crippen molar-refractivity contribution in [2.45, 2.75) is 25.6 Å². The highest BCUT2D eigenvalue weighted by Crippen LogP contribution is 2.38. The largest absolute Gasteiger partial charge is 0.465 e. The van der Waals surface area contributed by atoms with E-state index in [2.05, 4.69) is 13.8 Å². The second kappa shape index (κ2) is 6.98. The third-order valence-electron chi connectivity index (χ3n) is 3.53. The Labute approximate surface area is 129 Å². The molecule has 0 radical (unpaired) electrons. The number of esters is 1. The molecule has 1 atom stereocenters. The minimum atomic E-state index is -0.339. The summed E-state index contributed by atoms with van der Waals surface area (Å²) in [5.74, 6) is 0.962. The van der Waals surface area contributed by atoms with Crippen LogP contribution in [0.3, 0.4) is 0 Å². The van der Waals surface area contributed by atoms with Crippen molar-refractivity contribution in [3.8, 4) is 0 Å². The molecule has 0 aromatic heterocycles. The first kappa shape index (κ1) is 15.9. The van der Waals surface area contributed by atoms with Gasteiger partial charge in [0.2, 0.25) is 5.91 Å². The third kappa shape index (κ3) is 3.79. The van der Waals surface area contributed by atoms with E-state index in [9.17, 15) is 9.59 Å². The summed E-state index contributed by atoms with van der Waals surface area (Å²) in [6.07, 6.45) is 1.00. The highest BCUT2D eigenvalue weighted by Gasteiger charge is 2.32. The number of carbonyl (C=O) groups excluding carboxylic acids is 2. The smallest absolute Gasteiger partial charge is 0.337 e. The van der Waals surface area contributed by atoms with Crippen molar-refractivity contribution in [1.29, 1.82) is 0 Å². The van der Waals surface area contributed by atoms with E-state index >= 15 is 0 Å². The molecular formula is C16H21NO3S. The highest BCUT2D eigenvalue weighted by molar-refractivity contribution is 8.00. The molecule has 0 N–H and O–H groups in total. The summed E-state index contributed by atoms with van der Waals surface area (Å²) >= 11 is 1.64. The van der Waals surface area contributed by atoms with Gasteiger partial charge in [0.1, 0.15) is 5.37 Å². The summed E-state index contributed by atoms with van der Waals surface area (Å²) in [5, 5.41) is 0.0583. The molecule has 1 unspecified atom stereocenters. The van der Waals surface area contributed by atoms with E-state index in [-0.39, 0.29) is 17.3 Å². The molecule has 0 aliphatic carbocycles. The van der Waals surface area contributed by atoms with Crippen LogP contribution in [0.15, 0.2) is 24.3 Å². The number of hydrogen-bond acceptors (Lipinski definition) is 4. The zero-order chi connectivity index (χ0) is 15.4. The van der Waals surface area contributed by atoms with Crippen LogP contribution in [0.4, 0.5) is 0 Å². The fraction of sp³-hybridized carbons (Fsp3) is 0.500. The summed E-state index contributed by atoms with van der Waals surface area (Å²) < 4.78 is 4.70. The lowest BCUT2D eigenvalue weighted by Gasteiger charge is -2.25. The fourth-order valence-corrected chi connectivity index (χ4v) is 3.49. The van der Waals surface area contributed by atoms with E-state index in [1.807, 2.05) is 17.0 Å². The van der Waals surface area contributed by atoms with Gasteiger partial charge in [0.05, 0.1) is 18.4 Å². The van der Waals surface area contributed by atoms with Gasteiger partial charge in [-0.25, -0.2) is 4.79 Å². The minimum absolute atomic E-state index is 0.0583. The Morgan fingerprint density at radius 2 is 2.05 bits per heavy atom. The third-order valence-corrected chi connectivity index (χ3v) is 4.79. The summed E-state index contributed by atoms with van der Waals surface area (Å²) in [6.45, 7) is 5.11. The minimum Gasteiger partial charge on any atom is -0.465 e. The van der Waals surface area contributed by atoms with Gasteiger partial charge in [0.25, 0.3) is 0 Å². The van der Waals surface area contributed by atoms with Gasteiger partial charge in [-0.15, -0.1) is 11.8 Å². The Morgan fingerprint density at radius 1 is 1.38 bits per heavy atom. The molecule has 114 valence electrons. The predicted molar refractivity (Wildman–Crippen MR) is 84.1 cm³/mol. The number of amides is 1. The Bertz CT molecular complexity index is 513. The molecule has 1 aromatic carbocycles. The topological polar surface area (TPSA) is 46.6 Å². The Morgan fingerprint density at radius 3 is 2.62 bits per heavy atom. The second-order valence-electron chi connectivity index (χ2n) is 5.55. The van der Waals surface area contributed by atoms with Crippen LogP contribution in [0.5, 0.6) is 0 Å². The molecule has 21 heavy (non-hydrogen) atoms. The van der Waals surface area contributed by atoms with E-state index in [1.165, 1.54) is 7.11 Å². The first-order valence-corrected chi connectivity index (χ1v) is 8.17. The van der Waals surface area contributed by atoms with Crippen molar-refractivity contribution in [2.24, 2.45) is 5.92 Å². The number of benzene rings is 1. The maximum atomic E-state index is 12.0. The SMILES string of the molecule is COC(=O)c1ccc(C2SCC(=O)N2CCC(C)C)cc1. The number of thioether (sulfide) groups is 1. The monoisotopic (exact) mass is 307 g/mol. The van der Waals surface area contributed by atoms with Gasteiger partial charge in [-0.1, -0.05) is 26.0 Å². The van der Waals surface area contributed by atoms with Crippen LogP contribution in [0.1, 0.15) is 41.6 Å². The van der Waals surface area contributed by atoms with Crippen molar-refractivity contribution in [3.63, 3.8) is 0 Å². The molecule has 0 saturated carbocycles. The van der Waals surface area contributed by atoms with Crippen molar-refractivity contribution < 1.29 is 14.3 Å².